The Kier molecular flexibility index (Phi) is 4.78. The molecule has 98 valence electrons. The molecule has 1 amide bonds. The van der Waals surface area contributed by atoms with E-state index in [0.29, 0.717) is 16.0 Å². The summed E-state index contributed by atoms with van der Waals surface area (Å²) in [5.41, 5.74) is 0.426. The molecule has 0 aliphatic carbocycles. The molecule has 5 heteroatoms. The molecule has 1 saturated heterocycles. The molecule has 0 bridgehead atoms. The largest absolute Gasteiger partial charge is 0.338 e. The summed E-state index contributed by atoms with van der Waals surface area (Å²) >= 11 is 6.51. The van der Waals surface area contributed by atoms with Crippen molar-refractivity contribution in [1.82, 2.24) is 4.90 Å². The molecule has 18 heavy (non-hydrogen) atoms. The van der Waals surface area contributed by atoms with Gasteiger partial charge < -0.3 is 4.90 Å². The predicted molar refractivity (Wildman–Crippen MR) is 76.5 cm³/mol. The molecule has 1 aliphatic heterocycles. The van der Waals surface area contributed by atoms with Crippen LogP contribution in [-0.2, 0) is 0 Å². The molecule has 1 aromatic rings. The average molecular weight is 379 g/mol. The van der Waals surface area contributed by atoms with Crippen molar-refractivity contribution in [2.24, 2.45) is 5.92 Å². The second kappa shape index (κ2) is 6.15. The monoisotopic (exact) mass is 377 g/mol. The van der Waals surface area contributed by atoms with Gasteiger partial charge in [-0.15, -0.1) is 0 Å². The number of hydrogen-bond acceptors (Lipinski definition) is 1. The van der Waals surface area contributed by atoms with Gasteiger partial charge >= 0.3 is 0 Å². The van der Waals surface area contributed by atoms with E-state index in [0.717, 1.165) is 31.3 Å². The summed E-state index contributed by atoms with van der Waals surface area (Å²) in [5.74, 6) is 0.101. The van der Waals surface area contributed by atoms with E-state index in [1.54, 1.807) is 12.1 Å². The van der Waals surface area contributed by atoms with Gasteiger partial charge in [0.15, 0.2) is 0 Å². The Bertz CT molecular complexity index is 453. The van der Waals surface area contributed by atoms with Crippen LogP contribution in [0.4, 0.5) is 4.39 Å². The number of carbonyl (C=O) groups is 1. The van der Waals surface area contributed by atoms with Crippen LogP contribution in [0.1, 0.15) is 23.2 Å². The van der Waals surface area contributed by atoms with Crippen LogP contribution in [0.3, 0.4) is 0 Å². The first-order chi connectivity index (χ1) is 8.61. The molecule has 0 spiro atoms. The first kappa shape index (κ1) is 14.0. The summed E-state index contributed by atoms with van der Waals surface area (Å²) in [5, 5.41) is 0.965. The average Bonchev–Trinajstić information content (AvgIpc) is 2.81. The van der Waals surface area contributed by atoms with Gasteiger partial charge in [0.2, 0.25) is 0 Å². The molecule has 0 aromatic heterocycles. The lowest BCUT2D eigenvalue weighted by Crippen LogP contribution is -2.28. The van der Waals surface area contributed by atoms with Crippen LogP contribution < -0.4 is 0 Å². The molecular weight excluding hydrogens is 365 g/mol. The van der Waals surface area contributed by atoms with E-state index in [4.69, 9.17) is 0 Å². The maximum atomic E-state index is 13.4. The molecular formula is C13H14Br2FNO. The Balaban J connectivity index is 2.05. The van der Waals surface area contributed by atoms with E-state index in [2.05, 4.69) is 31.9 Å². The lowest BCUT2D eigenvalue weighted by Gasteiger charge is -2.16. The highest BCUT2D eigenvalue weighted by atomic mass is 79.9. The Morgan fingerprint density at radius 3 is 2.94 bits per heavy atom. The fraction of sp³-hybridized carbons (Fsp3) is 0.462. The number of likely N-dealkylation sites (tertiary alicyclic amines) is 1. The molecule has 1 atom stereocenters. The van der Waals surface area contributed by atoms with E-state index in [-0.39, 0.29) is 5.91 Å². The van der Waals surface area contributed by atoms with Crippen LogP contribution in [-0.4, -0.2) is 29.2 Å². The second-order valence-corrected chi connectivity index (χ2v) is 6.16. The van der Waals surface area contributed by atoms with E-state index >= 15 is 0 Å². The second-order valence-electron chi connectivity index (χ2n) is 4.51. The van der Waals surface area contributed by atoms with Gasteiger partial charge in [-0.2, -0.15) is 0 Å². The van der Waals surface area contributed by atoms with Crippen LogP contribution in [0, 0.1) is 11.7 Å². The van der Waals surface area contributed by atoms with Crippen molar-refractivity contribution in [2.75, 3.05) is 18.4 Å². The SMILES string of the molecule is O=C(c1ccc(Br)c(F)c1)N1CCC(CCBr)C1. The molecule has 1 aliphatic rings. The molecule has 1 fully saturated rings. The van der Waals surface area contributed by atoms with Gasteiger partial charge in [-0.3, -0.25) is 4.79 Å². The van der Waals surface area contributed by atoms with Crippen molar-refractivity contribution in [3.63, 3.8) is 0 Å². The summed E-state index contributed by atoms with van der Waals surface area (Å²) in [7, 11) is 0. The van der Waals surface area contributed by atoms with Crippen molar-refractivity contribution in [3.8, 4) is 0 Å². The first-order valence-corrected chi connectivity index (χ1v) is 7.83. The topological polar surface area (TPSA) is 20.3 Å². The van der Waals surface area contributed by atoms with Gasteiger partial charge in [0.25, 0.3) is 5.91 Å². The summed E-state index contributed by atoms with van der Waals surface area (Å²) in [4.78, 5) is 14.0. The number of benzene rings is 1. The lowest BCUT2D eigenvalue weighted by atomic mass is 10.1. The van der Waals surface area contributed by atoms with Crippen molar-refractivity contribution < 1.29 is 9.18 Å². The minimum Gasteiger partial charge on any atom is -0.338 e. The van der Waals surface area contributed by atoms with E-state index < -0.39 is 5.82 Å². The third-order valence-electron chi connectivity index (χ3n) is 3.26. The fourth-order valence-corrected chi connectivity index (χ4v) is 3.11. The minimum absolute atomic E-state index is 0.0709. The summed E-state index contributed by atoms with van der Waals surface area (Å²) < 4.78 is 13.8. The number of halogens is 3. The zero-order chi connectivity index (χ0) is 13.1. The molecule has 1 unspecified atom stereocenters. The Morgan fingerprint density at radius 2 is 2.28 bits per heavy atom. The van der Waals surface area contributed by atoms with Crippen LogP contribution in [0.5, 0.6) is 0 Å². The van der Waals surface area contributed by atoms with Crippen LogP contribution >= 0.6 is 31.9 Å². The number of carbonyl (C=O) groups excluding carboxylic acids is 1. The van der Waals surface area contributed by atoms with E-state index in [1.165, 1.54) is 6.07 Å². The lowest BCUT2D eigenvalue weighted by molar-refractivity contribution is 0.0786. The smallest absolute Gasteiger partial charge is 0.253 e. The van der Waals surface area contributed by atoms with Gasteiger partial charge in [-0.1, -0.05) is 15.9 Å². The highest BCUT2D eigenvalue weighted by molar-refractivity contribution is 9.10. The maximum Gasteiger partial charge on any atom is 0.253 e. The Labute approximate surface area is 123 Å². The summed E-state index contributed by atoms with van der Waals surface area (Å²) in [6, 6.07) is 4.53. The van der Waals surface area contributed by atoms with Crippen LogP contribution in [0.2, 0.25) is 0 Å². The predicted octanol–water partition coefficient (Wildman–Crippen LogP) is 3.84. The number of amides is 1. The van der Waals surface area contributed by atoms with Gasteiger partial charge in [-0.05, 0) is 52.9 Å². The zero-order valence-corrected chi connectivity index (χ0v) is 13.0. The highest BCUT2D eigenvalue weighted by Gasteiger charge is 2.26. The third kappa shape index (κ3) is 3.12. The number of alkyl halides is 1. The fourth-order valence-electron chi connectivity index (χ4n) is 2.22. The zero-order valence-electron chi connectivity index (χ0n) is 9.83. The number of hydrogen-bond donors (Lipinski definition) is 0. The quantitative estimate of drug-likeness (QED) is 0.732. The van der Waals surface area contributed by atoms with Gasteiger partial charge in [0.05, 0.1) is 4.47 Å². The molecule has 0 saturated carbocycles. The van der Waals surface area contributed by atoms with Crippen molar-refractivity contribution in [2.45, 2.75) is 12.8 Å². The minimum atomic E-state index is -0.392. The molecule has 2 nitrogen and oxygen atoms in total. The summed E-state index contributed by atoms with van der Waals surface area (Å²) in [6.45, 7) is 1.55. The standard InChI is InChI=1S/C13H14Br2FNO/c14-5-3-9-4-6-17(8-9)13(18)10-1-2-11(15)12(16)7-10/h1-2,7,9H,3-6,8H2. The van der Waals surface area contributed by atoms with Gasteiger partial charge in [0.1, 0.15) is 5.82 Å². The van der Waals surface area contributed by atoms with Crippen molar-refractivity contribution in [3.05, 3.63) is 34.1 Å². The summed E-state index contributed by atoms with van der Waals surface area (Å²) in [6.07, 6.45) is 2.12. The maximum absolute atomic E-state index is 13.4. The van der Waals surface area contributed by atoms with Crippen molar-refractivity contribution in [1.29, 1.82) is 0 Å². The highest BCUT2D eigenvalue weighted by Crippen LogP contribution is 2.23. The molecule has 0 radical (unpaired) electrons. The van der Waals surface area contributed by atoms with Crippen LogP contribution in [0.25, 0.3) is 0 Å². The number of nitrogens with zero attached hydrogens (tertiary/aromatic N) is 1. The van der Waals surface area contributed by atoms with E-state index in [1.807, 2.05) is 4.90 Å². The molecule has 2 rings (SSSR count). The first-order valence-electron chi connectivity index (χ1n) is 5.92. The Morgan fingerprint density at radius 1 is 1.50 bits per heavy atom. The normalized spacial score (nSPS) is 19.3. The van der Waals surface area contributed by atoms with Crippen LogP contribution in [0.15, 0.2) is 22.7 Å². The molecule has 1 heterocycles. The Hall–Kier alpha value is -0.420. The number of rotatable bonds is 3. The third-order valence-corrected chi connectivity index (χ3v) is 4.36. The van der Waals surface area contributed by atoms with E-state index in [9.17, 15) is 9.18 Å². The molecule has 0 N–H and O–H groups in total. The molecule has 1 aromatic carbocycles. The van der Waals surface area contributed by atoms with Gasteiger partial charge in [-0.25, -0.2) is 4.39 Å². The van der Waals surface area contributed by atoms with Gasteiger partial charge in [0, 0.05) is 24.0 Å². The van der Waals surface area contributed by atoms with Crippen molar-refractivity contribution >= 4 is 37.8 Å².